The summed E-state index contributed by atoms with van der Waals surface area (Å²) in [5.74, 6) is 0.733. The largest absolute Gasteiger partial charge is 0.352 e. The van der Waals surface area contributed by atoms with Gasteiger partial charge in [0.15, 0.2) is 0 Å². The van der Waals surface area contributed by atoms with Crippen LogP contribution in [0.5, 0.6) is 0 Å². The number of amides is 2. The summed E-state index contributed by atoms with van der Waals surface area (Å²) in [5, 5.41) is 3.20. The zero-order valence-electron chi connectivity index (χ0n) is 18.5. The maximum absolute atomic E-state index is 13.1. The standard InChI is InChI=1S/C26H34N2O2S/c1-21(26(30)27-23-13-7-3-8-14-23)28(19-17-22-11-5-2-6-12-22)25(29)18-20-31-24-15-9-4-10-16-24/h2,4-6,9-12,15-16,21,23H,3,7-8,13-14,17-20H2,1H3,(H,27,30)/t21-/m1/s1. The zero-order chi connectivity index (χ0) is 21.9. The third kappa shape index (κ3) is 7.73. The maximum atomic E-state index is 13.1. The molecule has 31 heavy (non-hydrogen) atoms. The summed E-state index contributed by atoms with van der Waals surface area (Å²) in [5.41, 5.74) is 1.18. The molecule has 4 nitrogen and oxygen atoms in total. The number of carbonyl (C=O) groups excluding carboxylic acids is 2. The molecule has 2 aromatic carbocycles. The number of nitrogens with zero attached hydrogens (tertiary/aromatic N) is 1. The molecule has 5 heteroatoms. The number of thioether (sulfide) groups is 1. The van der Waals surface area contributed by atoms with Crippen LogP contribution in [-0.2, 0) is 16.0 Å². The molecule has 0 heterocycles. The van der Waals surface area contributed by atoms with Gasteiger partial charge in [-0.3, -0.25) is 9.59 Å². The van der Waals surface area contributed by atoms with Crippen molar-refractivity contribution < 1.29 is 9.59 Å². The van der Waals surface area contributed by atoms with Gasteiger partial charge in [0.2, 0.25) is 11.8 Å². The maximum Gasteiger partial charge on any atom is 0.242 e. The highest BCUT2D eigenvalue weighted by atomic mass is 32.2. The molecule has 1 N–H and O–H groups in total. The molecular weight excluding hydrogens is 404 g/mol. The molecule has 1 aliphatic carbocycles. The van der Waals surface area contributed by atoms with Gasteiger partial charge in [0.05, 0.1) is 0 Å². The van der Waals surface area contributed by atoms with Crippen LogP contribution in [0.2, 0.25) is 0 Å². The average Bonchev–Trinajstić information content (AvgIpc) is 2.81. The highest BCUT2D eigenvalue weighted by molar-refractivity contribution is 7.99. The Kier molecular flexibility index (Phi) is 9.47. The second kappa shape index (κ2) is 12.6. The molecular formula is C26H34N2O2S. The number of hydrogen-bond acceptors (Lipinski definition) is 3. The van der Waals surface area contributed by atoms with Gasteiger partial charge in [0.1, 0.15) is 6.04 Å². The summed E-state index contributed by atoms with van der Waals surface area (Å²) in [4.78, 5) is 29.0. The van der Waals surface area contributed by atoms with Crippen LogP contribution in [0.1, 0.15) is 51.0 Å². The lowest BCUT2D eigenvalue weighted by atomic mass is 9.95. The van der Waals surface area contributed by atoms with Gasteiger partial charge < -0.3 is 10.2 Å². The van der Waals surface area contributed by atoms with Crippen molar-refractivity contribution in [2.45, 2.75) is 68.8 Å². The van der Waals surface area contributed by atoms with Gasteiger partial charge in [0.25, 0.3) is 0 Å². The van der Waals surface area contributed by atoms with Crippen LogP contribution in [-0.4, -0.2) is 41.1 Å². The number of hydrogen-bond donors (Lipinski definition) is 1. The molecule has 166 valence electrons. The van der Waals surface area contributed by atoms with Gasteiger partial charge in [0, 0.05) is 29.7 Å². The molecule has 1 saturated carbocycles. The number of benzene rings is 2. The van der Waals surface area contributed by atoms with Crippen molar-refractivity contribution >= 4 is 23.6 Å². The second-order valence-electron chi connectivity index (χ2n) is 8.25. The van der Waals surface area contributed by atoms with E-state index in [4.69, 9.17) is 0 Å². The van der Waals surface area contributed by atoms with Crippen LogP contribution in [0.3, 0.4) is 0 Å². The van der Waals surface area contributed by atoms with Crippen molar-refractivity contribution in [3.63, 3.8) is 0 Å². The summed E-state index contributed by atoms with van der Waals surface area (Å²) in [6.45, 7) is 2.42. The Bertz CT molecular complexity index is 807. The third-order valence-electron chi connectivity index (χ3n) is 5.93. The van der Waals surface area contributed by atoms with Gasteiger partial charge in [-0.1, -0.05) is 67.8 Å². The first-order valence-corrected chi connectivity index (χ1v) is 12.4. The normalized spacial score (nSPS) is 15.3. The molecule has 0 bridgehead atoms. The van der Waals surface area contributed by atoms with Gasteiger partial charge in [-0.15, -0.1) is 11.8 Å². The summed E-state index contributed by atoms with van der Waals surface area (Å²) < 4.78 is 0. The quantitative estimate of drug-likeness (QED) is 0.527. The van der Waals surface area contributed by atoms with E-state index in [-0.39, 0.29) is 17.9 Å². The van der Waals surface area contributed by atoms with E-state index in [0.29, 0.717) is 18.7 Å². The number of carbonyl (C=O) groups is 2. The molecule has 0 spiro atoms. The van der Waals surface area contributed by atoms with Crippen molar-refractivity contribution in [1.29, 1.82) is 0 Å². The third-order valence-corrected chi connectivity index (χ3v) is 6.94. The van der Waals surface area contributed by atoms with E-state index in [0.717, 1.165) is 24.2 Å². The summed E-state index contributed by atoms with van der Waals surface area (Å²) in [6, 6.07) is 20.1. The fourth-order valence-corrected chi connectivity index (χ4v) is 4.92. The smallest absolute Gasteiger partial charge is 0.242 e. The SMILES string of the molecule is C[C@H](C(=O)NC1CCCCC1)N(CCc1ccccc1)C(=O)CCSc1ccccc1. The van der Waals surface area contributed by atoms with Gasteiger partial charge in [-0.25, -0.2) is 0 Å². The zero-order valence-corrected chi connectivity index (χ0v) is 19.3. The monoisotopic (exact) mass is 438 g/mol. The Morgan fingerprint density at radius 1 is 1.00 bits per heavy atom. The van der Waals surface area contributed by atoms with Crippen LogP contribution >= 0.6 is 11.8 Å². The van der Waals surface area contributed by atoms with E-state index in [9.17, 15) is 9.59 Å². The molecule has 2 amide bonds. The summed E-state index contributed by atoms with van der Waals surface area (Å²) in [7, 11) is 0. The van der Waals surface area contributed by atoms with Crippen LogP contribution in [0, 0.1) is 0 Å². The van der Waals surface area contributed by atoms with E-state index in [1.54, 1.807) is 16.7 Å². The van der Waals surface area contributed by atoms with Gasteiger partial charge in [-0.2, -0.15) is 0 Å². The van der Waals surface area contributed by atoms with Crippen molar-refractivity contribution in [2.24, 2.45) is 0 Å². The van der Waals surface area contributed by atoms with Crippen molar-refractivity contribution in [1.82, 2.24) is 10.2 Å². The van der Waals surface area contributed by atoms with E-state index >= 15 is 0 Å². The van der Waals surface area contributed by atoms with Crippen LogP contribution < -0.4 is 5.32 Å². The Hall–Kier alpha value is -2.27. The minimum Gasteiger partial charge on any atom is -0.352 e. The van der Waals surface area contributed by atoms with E-state index < -0.39 is 6.04 Å². The summed E-state index contributed by atoms with van der Waals surface area (Å²) >= 11 is 1.68. The fourth-order valence-electron chi connectivity index (χ4n) is 4.06. The first-order valence-electron chi connectivity index (χ1n) is 11.4. The molecule has 1 atom stereocenters. The Morgan fingerprint density at radius 3 is 2.32 bits per heavy atom. The number of nitrogens with one attached hydrogen (secondary N) is 1. The highest BCUT2D eigenvalue weighted by Gasteiger charge is 2.27. The molecule has 0 aromatic heterocycles. The molecule has 0 unspecified atom stereocenters. The van der Waals surface area contributed by atoms with E-state index in [1.165, 1.54) is 24.8 Å². The molecule has 3 rings (SSSR count). The molecule has 0 aliphatic heterocycles. The van der Waals surface area contributed by atoms with Crippen molar-refractivity contribution in [3.8, 4) is 0 Å². The van der Waals surface area contributed by atoms with E-state index in [1.807, 2.05) is 43.3 Å². The average molecular weight is 439 g/mol. The van der Waals surface area contributed by atoms with Gasteiger partial charge in [-0.05, 0) is 43.9 Å². The molecule has 0 radical (unpaired) electrons. The van der Waals surface area contributed by atoms with Crippen LogP contribution in [0.4, 0.5) is 0 Å². The predicted octanol–water partition coefficient (Wildman–Crippen LogP) is 5.08. The fraction of sp³-hybridized carbons (Fsp3) is 0.462. The topological polar surface area (TPSA) is 49.4 Å². The molecule has 1 aliphatic rings. The lowest BCUT2D eigenvalue weighted by molar-refractivity contribution is -0.140. The van der Waals surface area contributed by atoms with Crippen molar-refractivity contribution in [2.75, 3.05) is 12.3 Å². The van der Waals surface area contributed by atoms with Crippen LogP contribution in [0.15, 0.2) is 65.6 Å². The van der Waals surface area contributed by atoms with Crippen molar-refractivity contribution in [3.05, 3.63) is 66.2 Å². The summed E-state index contributed by atoms with van der Waals surface area (Å²) in [6.07, 6.45) is 6.87. The predicted molar refractivity (Wildman–Crippen MR) is 128 cm³/mol. The lowest BCUT2D eigenvalue weighted by Crippen LogP contribution is -2.51. The molecule has 0 saturated heterocycles. The molecule has 2 aromatic rings. The highest BCUT2D eigenvalue weighted by Crippen LogP contribution is 2.20. The minimum absolute atomic E-state index is 0.0241. The minimum atomic E-state index is -0.458. The number of rotatable bonds is 10. The first-order chi connectivity index (χ1) is 15.1. The Labute approximate surface area is 190 Å². The lowest BCUT2D eigenvalue weighted by Gasteiger charge is -2.31. The Morgan fingerprint density at radius 2 is 1.65 bits per heavy atom. The van der Waals surface area contributed by atoms with E-state index in [2.05, 4.69) is 29.6 Å². The first kappa shape index (κ1) is 23.4. The second-order valence-corrected chi connectivity index (χ2v) is 9.42. The molecule has 1 fully saturated rings. The van der Waals surface area contributed by atoms with Gasteiger partial charge >= 0.3 is 0 Å². The Balaban J connectivity index is 1.59. The van der Waals surface area contributed by atoms with Crippen LogP contribution in [0.25, 0.3) is 0 Å².